The molecule has 158 valence electrons. The van der Waals surface area contributed by atoms with Crippen LogP contribution in [0.15, 0.2) is 62.5 Å². The molecule has 0 aliphatic rings. The predicted molar refractivity (Wildman–Crippen MR) is 104 cm³/mol. The maximum atomic E-state index is 11.4. The van der Waals surface area contributed by atoms with Crippen LogP contribution in [0.2, 0.25) is 0 Å². The van der Waals surface area contributed by atoms with Crippen LogP contribution in [0.5, 0.6) is 11.5 Å². The van der Waals surface area contributed by atoms with Crippen molar-refractivity contribution < 1.29 is 96.6 Å². The third-order valence-electron chi connectivity index (χ3n) is 4.06. The fourth-order valence-electron chi connectivity index (χ4n) is 2.76. The summed E-state index contributed by atoms with van der Waals surface area (Å²) >= 11 is 0.665. The molecule has 3 rings (SSSR count). The molecule has 14 heteroatoms. The second-order valence-corrected chi connectivity index (χ2v) is 8.13. The van der Waals surface area contributed by atoms with E-state index in [1.807, 2.05) is 0 Å². The number of rotatable bonds is 7. The summed E-state index contributed by atoms with van der Waals surface area (Å²) in [6, 6.07) is 10.3. The molecule has 3 aromatic rings. The number of benzene rings is 3. The quantitative estimate of drug-likeness (QED) is 0.0928. The predicted octanol–water partition coefficient (Wildman–Crippen LogP) is -2.58. The Morgan fingerprint density at radius 2 is 1.72 bits per heavy atom. The molecule has 0 aliphatic heterocycles. The molecule has 0 bridgehead atoms. The van der Waals surface area contributed by atoms with E-state index in [1.54, 1.807) is 18.2 Å². The van der Waals surface area contributed by atoms with Gasteiger partial charge in [0.15, 0.2) is 0 Å². The molecule has 0 amide bonds. The van der Waals surface area contributed by atoms with Gasteiger partial charge in [0, 0.05) is 16.3 Å². The average molecular weight is 496 g/mol. The minimum absolute atomic E-state index is 0. The molecule has 0 heterocycles. The SMILES string of the molecule is COc1cc(S(=O)(=O)[O-])c(C)cc1N=Nc1cc(SOO[O-])cc2ccc(O)cc12.[Na+].[Na+]. The minimum Gasteiger partial charge on any atom is -0.744 e. The summed E-state index contributed by atoms with van der Waals surface area (Å²) in [7, 11) is -3.38. The van der Waals surface area contributed by atoms with Crippen molar-refractivity contribution >= 4 is 44.3 Å². The molecule has 0 spiro atoms. The van der Waals surface area contributed by atoms with Crippen molar-refractivity contribution in [1.82, 2.24) is 0 Å². The van der Waals surface area contributed by atoms with Crippen LogP contribution >= 0.6 is 12.0 Å². The molecule has 0 aromatic heterocycles. The van der Waals surface area contributed by atoms with Crippen molar-refractivity contribution in [3.63, 3.8) is 0 Å². The first-order valence-electron chi connectivity index (χ1n) is 8.19. The molecule has 0 unspecified atom stereocenters. The van der Waals surface area contributed by atoms with Gasteiger partial charge in [-0.3, -0.25) is 5.04 Å². The Balaban J connectivity index is 0.00000256. The summed E-state index contributed by atoms with van der Waals surface area (Å²) in [5, 5.41) is 32.8. The third kappa shape index (κ3) is 7.13. The van der Waals surface area contributed by atoms with Crippen LogP contribution in [0.25, 0.3) is 10.8 Å². The van der Waals surface area contributed by atoms with Gasteiger partial charge in [-0.05, 0) is 48.2 Å². The van der Waals surface area contributed by atoms with Crippen LogP contribution in [-0.2, 0) is 19.5 Å². The van der Waals surface area contributed by atoms with E-state index in [0.717, 1.165) is 6.07 Å². The first kappa shape index (κ1) is 29.3. The Labute approximate surface area is 232 Å². The number of hydrogen-bond donors (Lipinski definition) is 1. The van der Waals surface area contributed by atoms with E-state index >= 15 is 0 Å². The van der Waals surface area contributed by atoms with Gasteiger partial charge >= 0.3 is 59.1 Å². The smallest absolute Gasteiger partial charge is 0.744 e. The van der Waals surface area contributed by atoms with Crippen LogP contribution in [0.3, 0.4) is 0 Å². The first-order valence-corrected chi connectivity index (χ1v) is 10.3. The molecule has 32 heavy (non-hydrogen) atoms. The number of azo groups is 1. The van der Waals surface area contributed by atoms with Gasteiger partial charge < -0.3 is 19.7 Å². The van der Waals surface area contributed by atoms with Crippen LogP contribution in [-0.4, -0.2) is 25.2 Å². The van der Waals surface area contributed by atoms with Gasteiger partial charge in [-0.15, -0.1) is 10.2 Å². The molecule has 0 aliphatic carbocycles. The maximum Gasteiger partial charge on any atom is 1.00 e. The molecule has 0 saturated carbocycles. The maximum absolute atomic E-state index is 11.4. The van der Waals surface area contributed by atoms with Gasteiger partial charge in [0.1, 0.15) is 27.3 Å². The molecule has 0 fully saturated rings. The van der Waals surface area contributed by atoms with E-state index in [2.05, 4.69) is 19.6 Å². The molecule has 10 nitrogen and oxygen atoms in total. The third-order valence-corrected chi connectivity index (χ3v) is 5.59. The van der Waals surface area contributed by atoms with Crippen LogP contribution in [0, 0.1) is 6.92 Å². The molecular weight excluding hydrogens is 482 g/mol. The second kappa shape index (κ2) is 12.6. The zero-order chi connectivity index (χ0) is 21.9. The van der Waals surface area contributed by atoms with E-state index in [9.17, 15) is 23.3 Å². The number of aromatic hydroxyl groups is 1. The molecule has 3 aromatic carbocycles. The Hall–Kier alpha value is -0.740. The Morgan fingerprint density at radius 1 is 1.03 bits per heavy atom. The number of methoxy groups -OCH3 is 1. The standard InChI is InChI=1S/C18H16N2O8S2.2Na/c1-10-5-16(17(26-2)9-18(10)30(23,24)25)20-19-15-8-13(29-28-27-22)6-11-3-4-12(21)7-14(11)15;;/h3-9,21-22H,1-2H3,(H,23,24,25);;/q;2*+1/p-2. The topological polar surface area (TPSA) is 153 Å². The van der Waals surface area contributed by atoms with Crippen LogP contribution in [0.1, 0.15) is 5.56 Å². The van der Waals surface area contributed by atoms with Gasteiger partial charge in [0.05, 0.1) is 29.7 Å². The summed E-state index contributed by atoms with van der Waals surface area (Å²) in [5.41, 5.74) is 0.695. The summed E-state index contributed by atoms with van der Waals surface area (Å²) in [5.74, 6) is 0.0523. The van der Waals surface area contributed by atoms with Crippen molar-refractivity contribution in [2.75, 3.05) is 7.11 Å². The monoisotopic (exact) mass is 496 g/mol. The van der Waals surface area contributed by atoms with Crippen molar-refractivity contribution in [2.45, 2.75) is 16.7 Å². The zero-order valence-electron chi connectivity index (χ0n) is 17.6. The van der Waals surface area contributed by atoms with E-state index in [1.165, 1.54) is 32.2 Å². The number of hydrogen-bond acceptors (Lipinski definition) is 11. The average Bonchev–Trinajstić information content (AvgIpc) is 2.69. The van der Waals surface area contributed by atoms with Gasteiger partial charge in [-0.1, -0.05) is 6.07 Å². The molecule has 1 N–H and O–H groups in total. The second-order valence-electron chi connectivity index (χ2n) is 6.01. The number of phenols is 1. The van der Waals surface area contributed by atoms with E-state index in [0.29, 0.717) is 33.4 Å². The first-order chi connectivity index (χ1) is 14.2. The molecular formula is C18H14N2Na2O8S2. The minimum atomic E-state index is -4.68. The van der Waals surface area contributed by atoms with E-state index in [-0.39, 0.29) is 81.9 Å². The number of nitrogens with zero attached hydrogens (tertiary/aromatic N) is 2. The van der Waals surface area contributed by atoms with E-state index < -0.39 is 15.0 Å². The van der Waals surface area contributed by atoms with Crippen LogP contribution in [0.4, 0.5) is 11.4 Å². The normalized spacial score (nSPS) is 11.2. The van der Waals surface area contributed by atoms with Gasteiger partial charge in [-0.25, -0.2) is 8.42 Å². The van der Waals surface area contributed by atoms with Gasteiger partial charge in [0.25, 0.3) is 0 Å². The summed E-state index contributed by atoms with van der Waals surface area (Å²) < 4.78 is 43.6. The fraction of sp³-hybridized carbons (Fsp3) is 0.111. The number of phenolic OH excluding ortho intramolecular Hbond substituents is 1. The van der Waals surface area contributed by atoms with Crippen LogP contribution < -0.4 is 69.1 Å². The Bertz CT molecular complexity index is 1240. The number of ether oxygens (including phenoxy) is 1. The summed E-state index contributed by atoms with van der Waals surface area (Å²) in [6.07, 6.45) is 0. The summed E-state index contributed by atoms with van der Waals surface area (Å²) in [6.45, 7) is 1.45. The molecule has 0 saturated heterocycles. The van der Waals surface area contributed by atoms with Crippen molar-refractivity contribution in [3.8, 4) is 11.5 Å². The van der Waals surface area contributed by atoms with Gasteiger partial charge in [-0.2, -0.15) is 4.33 Å². The molecule has 0 atom stereocenters. The number of aryl methyl sites for hydroxylation is 1. The largest absolute Gasteiger partial charge is 1.00 e. The van der Waals surface area contributed by atoms with E-state index in [4.69, 9.17) is 4.74 Å². The van der Waals surface area contributed by atoms with Gasteiger partial charge in [0.2, 0.25) is 0 Å². The Kier molecular flexibility index (Phi) is 11.6. The van der Waals surface area contributed by atoms with Crippen molar-refractivity contribution in [1.29, 1.82) is 0 Å². The fourth-order valence-corrected chi connectivity index (χ4v) is 3.90. The van der Waals surface area contributed by atoms with Crippen molar-refractivity contribution in [3.05, 3.63) is 48.0 Å². The molecule has 0 radical (unpaired) electrons. The van der Waals surface area contributed by atoms with Crippen molar-refractivity contribution in [2.24, 2.45) is 10.2 Å². The Morgan fingerprint density at radius 3 is 2.34 bits per heavy atom. The zero-order valence-corrected chi connectivity index (χ0v) is 23.2. The summed E-state index contributed by atoms with van der Waals surface area (Å²) in [4.78, 5) is 0.0655. The number of fused-ring (bicyclic) bond motifs is 1.